The van der Waals surface area contributed by atoms with Crippen molar-refractivity contribution in [1.29, 1.82) is 0 Å². The number of hydrogen-bond acceptors (Lipinski definition) is 3. The van der Waals surface area contributed by atoms with Gasteiger partial charge in [-0.25, -0.2) is 0 Å². The molecule has 0 unspecified atom stereocenters. The van der Waals surface area contributed by atoms with Crippen molar-refractivity contribution in [2.45, 2.75) is 25.8 Å². The Balaban J connectivity index is 1.99. The number of halogens is 1. The van der Waals surface area contributed by atoms with Gasteiger partial charge in [-0.05, 0) is 43.9 Å². The zero-order valence-corrected chi connectivity index (χ0v) is 11.5. The van der Waals surface area contributed by atoms with Gasteiger partial charge in [0.2, 0.25) is 0 Å². The third-order valence-electron chi connectivity index (χ3n) is 3.28. The molecule has 1 atom stereocenters. The number of nitrogens with two attached hydrogens (primary N) is 1. The third kappa shape index (κ3) is 3.61. The first-order valence-electron chi connectivity index (χ1n) is 6.42. The molecule has 2 N–H and O–H groups in total. The summed E-state index contributed by atoms with van der Waals surface area (Å²) in [6.07, 6.45) is 2.14. The first-order valence-corrected chi connectivity index (χ1v) is 6.80. The predicted octanol–water partition coefficient (Wildman–Crippen LogP) is 3.17. The Morgan fingerprint density at radius 1 is 1.44 bits per heavy atom. The van der Waals surface area contributed by atoms with Crippen molar-refractivity contribution in [2.75, 3.05) is 19.8 Å². The van der Waals surface area contributed by atoms with E-state index in [-0.39, 0.29) is 6.04 Å². The van der Waals surface area contributed by atoms with Crippen LogP contribution in [0.25, 0.3) is 0 Å². The van der Waals surface area contributed by atoms with Gasteiger partial charge in [0.15, 0.2) is 0 Å². The maximum absolute atomic E-state index is 5.98. The Bertz CT molecular complexity index is 389. The average molecular weight is 270 g/mol. The van der Waals surface area contributed by atoms with Crippen LogP contribution in [0.15, 0.2) is 18.2 Å². The van der Waals surface area contributed by atoms with Crippen LogP contribution in [-0.4, -0.2) is 19.8 Å². The molecule has 1 saturated heterocycles. The molecule has 1 aromatic rings. The van der Waals surface area contributed by atoms with Crippen molar-refractivity contribution >= 4 is 11.6 Å². The van der Waals surface area contributed by atoms with Crippen LogP contribution < -0.4 is 10.5 Å². The van der Waals surface area contributed by atoms with Gasteiger partial charge in [0.25, 0.3) is 0 Å². The molecule has 1 fully saturated rings. The quantitative estimate of drug-likeness (QED) is 0.913. The van der Waals surface area contributed by atoms with Crippen molar-refractivity contribution in [3.05, 3.63) is 28.8 Å². The lowest BCUT2D eigenvalue weighted by molar-refractivity contribution is 0.0496. The van der Waals surface area contributed by atoms with Gasteiger partial charge in [-0.15, -0.1) is 0 Å². The zero-order valence-electron chi connectivity index (χ0n) is 10.7. The van der Waals surface area contributed by atoms with Gasteiger partial charge in [0.1, 0.15) is 5.75 Å². The predicted molar refractivity (Wildman–Crippen MR) is 73.1 cm³/mol. The lowest BCUT2D eigenvalue weighted by atomic mass is 10.0. The van der Waals surface area contributed by atoms with Crippen LogP contribution in [0.2, 0.25) is 5.02 Å². The van der Waals surface area contributed by atoms with E-state index >= 15 is 0 Å². The molecule has 1 aromatic carbocycles. The second-order valence-corrected chi connectivity index (χ2v) is 5.27. The van der Waals surface area contributed by atoms with Gasteiger partial charge < -0.3 is 15.2 Å². The molecule has 0 saturated carbocycles. The largest absolute Gasteiger partial charge is 0.493 e. The first kappa shape index (κ1) is 13.7. The summed E-state index contributed by atoms with van der Waals surface area (Å²) >= 11 is 5.98. The van der Waals surface area contributed by atoms with Crippen molar-refractivity contribution in [2.24, 2.45) is 11.7 Å². The van der Waals surface area contributed by atoms with E-state index < -0.39 is 0 Å². The Hall–Kier alpha value is -0.770. The molecule has 1 aliphatic heterocycles. The molecule has 2 rings (SSSR count). The third-order valence-corrected chi connectivity index (χ3v) is 3.51. The molecular formula is C14H20ClNO2. The second-order valence-electron chi connectivity index (χ2n) is 4.84. The van der Waals surface area contributed by atoms with Crippen LogP contribution in [0.5, 0.6) is 5.75 Å². The van der Waals surface area contributed by atoms with Crippen molar-refractivity contribution < 1.29 is 9.47 Å². The molecular weight excluding hydrogens is 250 g/mol. The molecule has 18 heavy (non-hydrogen) atoms. The summed E-state index contributed by atoms with van der Waals surface area (Å²) in [5, 5.41) is 0.695. The SMILES string of the molecule is C[C@H](N)c1cc(Cl)ccc1OCC1CCOCC1. The molecule has 4 heteroatoms. The minimum Gasteiger partial charge on any atom is -0.493 e. The summed E-state index contributed by atoms with van der Waals surface area (Å²) in [5.74, 6) is 1.43. The molecule has 0 spiro atoms. The van der Waals surface area contributed by atoms with Crippen LogP contribution in [0.3, 0.4) is 0 Å². The average Bonchev–Trinajstić information content (AvgIpc) is 2.38. The van der Waals surface area contributed by atoms with Crippen LogP contribution in [0, 0.1) is 5.92 Å². The number of ether oxygens (including phenoxy) is 2. The van der Waals surface area contributed by atoms with Crippen molar-refractivity contribution in [1.82, 2.24) is 0 Å². The summed E-state index contributed by atoms with van der Waals surface area (Å²) < 4.78 is 11.2. The zero-order chi connectivity index (χ0) is 13.0. The molecule has 1 aliphatic rings. The van der Waals surface area contributed by atoms with E-state index in [1.54, 1.807) is 0 Å². The molecule has 100 valence electrons. The maximum atomic E-state index is 5.98. The van der Waals surface area contributed by atoms with Crippen molar-refractivity contribution in [3.63, 3.8) is 0 Å². The fourth-order valence-corrected chi connectivity index (χ4v) is 2.31. The van der Waals surface area contributed by atoms with Gasteiger partial charge in [0.05, 0.1) is 6.61 Å². The molecule has 1 heterocycles. The summed E-state index contributed by atoms with van der Waals surface area (Å²) in [6.45, 7) is 4.35. The van der Waals surface area contributed by atoms with Crippen LogP contribution in [0.1, 0.15) is 31.4 Å². The van der Waals surface area contributed by atoms with E-state index in [0.29, 0.717) is 10.9 Å². The minimum absolute atomic E-state index is 0.0756. The fraction of sp³-hybridized carbons (Fsp3) is 0.571. The van der Waals surface area contributed by atoms with E-state index in [0.717, 1.165) is 44.0 Å². The Labute approximate surface area is 113 Å². The van der Waals surface area contributed by atoms with E-state index in [1.807, 2.05) is 25.1 Å². The number of hydrogen-bond donors (Lipinski definition) is 1. The first-order chi connectivity index (χ1) is 8.66. The Morgan fingerprint density at radius 2 is 2.17 bits per heavy atom. The molecule has 0 aliphatic carbocycles. The minimum atomic E-state index is -0.0756. The highest BCUT2D eigenvalue weighted by Gasteiger charge is 2.16. The molecule has 3 nitrogen and oxygen atoms in total. The van der Waals surface area contributed by atoms with Gasteiger partial charge >= 0.3 is 0 Å². The van der Waals surface area contributed by atoms with Gasteiger partial charge in [0, 0.05) is 29.8 Å². The molecule has 0 amide bonds. The van der Waals surface area contributed by atoms with E-state index in [4.69, 9.17) is 26.8 Å². The lowest BCUT2D eigenvalue weighted by Crippen LogP contribution is -2.22. The monoisotopic (exact) mass is 269 g/mol. The van der Waals surface area contributed by atoms with Crippen LogP contribution in [0.4, 0.5) is 0 Å². The normalized spacial score (nSPS) is 18.6. The smallest absolute Gasteiger partial charge is 0.124 e. The maximum Gasteiger partial charge on any atom is 0.124 e. The summed E-state index contributed by atoms with van der Waals surface area (Å²) in [6, 6.07) is 5.55. The highest BCUT2D eigenvalue weighted by Crippen LogP contribution is 2.28. The lowest BCUT2D eigenvalue weighted by Gasteiger charge is -2.23. The Morgan fingerprint density at radius 3 is 2.83 bits per heavy atom. The Kier molecular flexibility index (Phi) is 4.87. The van der Waals surface area contributed by atoms with E-state index in [1.165, 1.54) is 0 Å². The topological polar surface area (TPSA) is 44.5 Å². The van der Waals surface area contributed by atoms with E-state index in [2.05, 4.69) is 0 Å². The molecule has 0 radical (unpaired) electrons. The summed E-state index contributed by atoms with van der Waals surface area (Å²) in [5.41, 5.74) is 6.90. The fourth-order valence-electron chi connectivity index (χ4n) is 2.13. The number of rotatable bonds is 4. The highest BCUT2D eigenvalue weighted by atomic mass is 35.5. The highest BCUT2D eigenvalue weighted by molar-refractivity contribution is 6.30. The van der Waals surface area contributed by atoms with Gasteiger partial charge in [-0.3, -0.25) is 0 Å². The van der Waals surface area contributed by atoms with Crippen LogP contribution in [-0.2, 0) is 4.74 Å². The van der Waals surface area contributed by atoms with Gasteiger partial charge in [-0.2, -0.15) is 0 Å². The molecule has 0 aromatic heterocycles. The second kappa shape index (κ2) is 6.41. The molecule has 0 bridgehead atoms. The summed E-state index contributed by atoms with van der Waals surface area (Å²) in [4.78, 5) is 0. The van der Waals surface area contributed by atoms with Gasteiger partial charge in [-0.1, -0.05) is 11.6 Å². The number of benzene rings is 1. The van der Waals surface area contributed by atoms with E-state index in [9.17, 15) is 0 Å². The standard InChI is InChI=1S/C14H20ClNO2/c1-10(16)13-8-12(15)2-3-14(13)18-9-11-4-6-17-7-5-11/h2-3,8,10-11H,4-7,9,16H2,1H3/t10-/m0/s1. The van der Waals surface area contributed by atoms with Crippen LogP contribution >= 0.6 is 11.6 Å². The summed E-state index contributed by atoms with van der Waals surface area (Å²) in [7, 11) is 0. The van der Waals surface area contributed by atoms with Crippen molar-refractivity contribution in [3.8, 4) is 5.75 Å².